The minimum Gasteiger partial charge on any atom is -0.380 e. The summed E-state index contributed by atoms with van der Waals surface area (Å²) in [4.78, 5) is 0. The fourth-order valence-corrected chi connectivity index (χ4v) is 1.94. The fraction of sp³-hybridized carbons (Fsp3) is 0.182. The van der Waals surface area contributed by atoms with Crippen molar-refractivity contribution in [3.8, 4) is 0 Å². The highest BCUT2D eigenvalue weighted by Gasteiger charge is 2.01. The van der Waals surface area contributed by atoms with Crippen LogP contribution < -0.4 is 5.32 Å². The van der Waals surface area contributed by atoms with Gasteiger partial charge in [0.15, 0.2) is 0 Å². The molecule has 0 amide bonds. The number of hydrogen-bond donors (Lipinski definition) is 1. The first kappa shape index (κ1) is 11.5. The minimum absolute atomic E-state index is 0.712. The molecule has 0 unspecified atom stereocenters. The molecule has 84 valence electrons. The van der Waals surface area contributed by atoms with Crippen molar-refractivity contribution < 1.29 is 0 Å². The van der Waals surface area contributed by atoms with E-state index in [0.717, 1.165) is 15.7 Å². The molecule has 0 fully saturated rings. The molecule has 1 heterocycles. The Morgan fingerprint density at radius 2 is 2.31 bits per heavy atom. The van der Waals surface area contributed by atoms with Crippen LogP contribution in [0.4, 0.5) is 5.69 Å². The summed E-state index contributed by atoms with van der Waals surface area (Å²) in [5.74, 6) is 0. The van der Waals surface area contributed by atoms with Gasteiger partial charge < -0.3 is 5.32 Å². The van der Waals surface area contributed by atoms with E-state index in [4.69, 9.17) is 11.6 Å². The van der Waals surface area contributed by atoms with E-state index in [1.165, 1.54) is 0 Å². The Morgan fingerprint density at radius 1 is 1.50 bits per heavy atom. The zero-order chi connectivity index (χ0) is 11.5. The van der Waals surface area contributed by atoms with Crippen LogP contribution in [0.5, 0.6) is 0 Å². The third-order valence-corrected chi connectivity index (χ3v) is 2.99. The van der Waals surface area contributed by atoms with E-state index < -0.39 is 0 Å². The zero-order valence-corrected chi connectivity index (χ0v) is 11.1. The summed E-state index contributed by atoms with van der Waals surface area (Å²) in [5.41, 5.74) is 2.04. The predicted octanol–water partition coefficient (Wildman–Crippen LogP) is 3.45. The van der Waals surface area contributed by atoms with Gasteiger partial charge in [-0.2, -0.15) is 5.10 Å². The molecular weight excluding hydrogens is 289 g/mol. The molecule has 3 nitrogen and oxygen atoms in total. The molecule has 2 rings (SSSR count). The normalized spacial score (nSPS) is 10.4. The number of benzene rings is 1. The molecule has 1 aromatic heterocycles. The molecule has 0 bridgehead atoms. The molecule has 1 N–H and O–H groups in total. The molecule has 16 heavy (non-hydrogen) atoms. The number of hydrogen-bond acceptors (Lipinski definition) is 2. The Hall–Kier alpha value is -1.00. The van der Waals surface area contributed by atoms with Crippen LogP contribution in [0.25, 0.3) is 0 Å². The van der Waals surface area contributed by atoms with Gasteiger partial charge in [0.25, 0.3) is 0 Å². The van der Waals surface area contributed by atoms with Crippen LogP contribution in [0.15, 0.2) is 35.1 Å². The van der Waals surface area contributed by atoms with Gasteiger partial charge in [0, 0.05) is 29.8 Å². The smallest absolute Gasteiger partial charge is 0.0638 e. The van der Waals surface area contributed by atoms with Gasteiger partial charge in [0.1, 0.15) is 0 Å². The highest BCUT2D eigenvalue weighted by Crippen LogP contribution is 2.25. The quantitative estimate of drug-likeness (QED) is 0.941. The average Bonchev–Trinajstić information content (AvgIpc) is 2.66. The largest absolute Gasteiger partial charge is 0.380 e. The molecule has 5 heteroatoms. The zero-order valence-electron chi connectivity index (χ0n) is 8.74. The van der Waals surface area contributed by atoms with Crippen LogP contribution in [-0.2, 0) is 13.6 Å². The maximum absolute atomic E-state index is 6.06. The van der Waals surface area contributed by atoms with Crippen LogP contribution in [0, 0.1) is 0 Å². The summed E-state index contributed by atoms with van der Waals surface area (Å²) >= 11 is 9.48. The van der Waals surface area contributed by atoms with Crippen LogP contribution >= 0.6 is 27.5 Å². The summed E-state index contributed by atoms with van der Waals surface area (Å²) < 4.78 is 2.78. The molecule has 0 saturated carbocycles. The maximum Gasteiger partial charge on any atom is 0.0638 e. The summed E-state index contributed by atoms with van der Waals surface area (Å²) in [7, 11) is 1.90. The van der Waals surface area contributed by atoms with Crippen molar-refractivity contribution in [3.05, 3.63) is 45.7 Å². The van der Waals surface area contributed by atoms with Crippen molar-refractivity contribution in [2.45, 2.75) is 6.54 Å². The molecular formula is C11H11BrClN3. The van der Waals surface area contributed by atoms with Crippen molar-refractivity contribution in [1.82, 2.24) is 9.78 Å². The monoisotopic (exact) mass is 299 g/mol. The Morgan fingerprint density at radius 3 is 3.00 bits per heavy atom. The lowest BCUT2D eigenvalue weighted by molar-refractivity contribution is 0.767. The summed E-state index contributed by atoms with van der Waals surface area (Å²) in [6, 6.07) is 5.73. The molecule has 0 saturated heterocycles. The van der Waals surface area contributed by atoms with Gasteiger partial charge >= 0.3 is 0 Å². The van der Waals surface area contributed by atoms with Gasteiger partial charge in [-0.15, -0.1) is 0 Å². The second kappa shape index (κ2) is 4.89. The fourth-order valence-electron chi connectivity index (χ4n) is 1.39. The predicted molar refractivity (Wildman–Crippen MR) is 69.7 cm³/mol. The molecule has 0 atom stereocenters. The van der Waals surface area contributed by atoms with Crippen molar-refractivity contribution in [1.29, 1.82) is 0 Å². The summed E-state index contributed by atoms with van der Waals surface area (Å²) in [6.45, 7) is 0.712. The van der Waals surface area contributed by atoms with Gasteiger partial charge in [-0.1, -0.05) is 27.5 Å². The van der Waals surface area contributed by atoms with Crippen LogP contribution in [0.3, 0.4) is 0 Å². The molecule has 0 aliphatic carbocycles. The van der Waals surface area contributed by atoms with Crippen molar-refractivity contribution >= 4 is 33.2 Å². The van der Waals surface area contributed by atoms with Gasteiger partial charge in [-0.05, 0) is 18.2 Å². The maximum atomic E-state index is 6.06. The van der Waals surface area contributed by atoms with Crippen molar-refractivity contribution in [2.24, 2.45) is 7.05 Å². The molecule has 0 spiro atoms. The Bertz CT molecular complexity index is 496. The number of halogens is 2. The van der Waals surface area contributed by atoms with E-state index in [2.05, 4.69) is 26.3 Å². The van der Waals surface area contributed by atoms with E-state index in [0.29, 0.717) is 11.6 Å². The molecule has 2 aromatic rings. The van der Waals surface area contributed by atoms with Crippen LogP contribution in [-0.4, -0.2) is 9.78 Å². The summed E-state index contributed by atoms with van der Waals surface area (Å²) in [6.07, 6.45) is 3.80. The highest BCUT2D eigenvalue weighted by molar-refractivity contribution is 9.10. The minimum atomic E-state index is 0.712. The van der Waals surface area contributed by atoms with Crippen LogP contribution in [0.2, 0.25) is 5.02 Å². The van der Waals surface area contributed by atoms with Gasteiger partial charge in [0.2, 0.25) is 0 Å². The third-order valence-electron chi connectivity index (χ3n) is 2.17. The standard InChI is InChI=1S/C11H11BrClN3/c1-16-7-8(6-15-16)5-14-11-4-9(12)2-3-10(11)13/h2-4,6-7,14H,5H2,1H3. The van der Waals surface area contributed by atoms with E-state index in [1.54, 1.807) is 4.68 Å². The number of aryl methyl sites for hydroxylation is 1. The van der Waals surface area contributed by atoms with Crippen molar-refractivity contribution in [3.63, 3.8) is 0 Å². The topological polar surface area (TPSA) is 29.9 Å². The first-order valence-electron chi connectivity index (χ1n) is 4.81. The second-order valence-electron chi connectivity index (χ2n) is 3.50. The molecule has 0 aliphatic rings. The second-order valence-corrected chi connectivity index (χ2v) is 4.82. The number of nitrogens with zero attached hydrogens (tertiary/aromatic N) is 2. The lowest BCUT2D eigenvalue weighted by Crippen LogP contribution is -1.99. The molecule has 1 aromatic carbocycles. The first-order valence-corrected chi connectivity index (χ1v) is 5.99. The van der Waals surface area contributed by atoms with E-state index >= 15 is 0 Å². The molecule has 0 aliphatic heterocycles. The third kappa shape index (κ3) is 2.77. The number of nitrogens with one attached hydrogen (secondary N) is 1. The first-order chi connectivity index (χ1) is 7.65. The van der Waals surface area contributed by atoms with Gasteiger partial charge in [-0.25, -0.2) is 0 Å². The Labute approximate surface area is 108 Å². The van der Waals surface area contributed by atoms with Crippen LogP contribution in [0.1, 0.15) is 5.56 Å². The Balaban J connectivity index is 2.07. The van der Waals surface area contributed by atoms with Gasteiger partial charge in [-0.3, -0.25) is 4.68 Å². The Kier molecular flexibility index (Phi) is 3.51. The van der Waals surface area contributed by atoms with E-state index in [-0.39, 0.29) is 0 Å². The van der Waals surface area contributed by atoms with Gasteiger partial charge in [0.05, 0.1) is 16.9 Å². The average molecular weight is 301 g/mol. The number of rotatable bonds is 3. The highest BCUT2D eigenvalue weighted by atomic mass is 79.9. The molecule has 0 radical (unpaired) electrons. The van der Waals surface area contributed by atoms with E-state index in [1.807, 2.05) is 37.6 Å². The lowest BCUT2D eigenvalue weighted by atomic mass is 10.3. The van der Waals surface area contributed by atoms with E-state index in [9.17, 15) is 0 Å². The van der Waals surface area contributed by atoms with Crippen molar-refractivity contribution in [2.75, 3.05) is 5.32 Å². The lowest BCUT2D eigenvalue weighted by Gasteiger charge is -2.07. The number of anilines is 1. The number of aromatic nitrogens is 2. The SMILES string of the molecule is Cn1cc(CNc2cc(Br)ccc2Cl)cn1. The summed E-state index contributed by atoms with van der Waals surface area (Å²) in [5, 5.41) is 8.09.